The van der Waals surface area contributed by atoms with Crippen LogP contribution in [0.5, 0.6) is 0 Å². The third-order valence-electron chi connectivity index (χ3n) is 4.76. The Hall–Kier alpha value is -3.85. The van der Waals surface area contributed by atoms with Gasteiger partial charge in [-0.15, -0.1) is 11.3 Å². The second-order valence-electron chi connectivity index (χ2n) is 6.61. The molecule has 0 aliphatic carbocycles. The van der Waals surface area contributed by atoms with Crippen molar-refractivity contribution in [1.29, 1.82) is 0 Å². The number of fused-ring (bicyclic) bond motifs is 3. The first-order valence-electron chi connectivity index (χ1n) is 9.08. The van der Waals surface area contributed by atoms with E-state index >= 15 is 0 Å². The smallest absolute Gasteiger partial charge is 0.281 e. The average Bonchev–Trinajstić information content (AvgIpc) is 3.42. The molecule has 0 unspecified atom stereocenters. The summed E-state index contributed by atoms with van der Waals surface area (Å²) in [5.41, 5.74) is 0.986. The number of carbonyl (C=O) groups excluding carboxylic acids is 1. The molecule has 148 valence electrons. The molecule has 0 radical (unpaired) electrons. The van der Waals surface area contributed by atoms with E-state index in [0.29, 0.717) is 23.0 Å². The maximum atomic E-state index is 14.2. The Labute approximate surface area is 172 Å². The summed E-state index contributed by atoms with van der Waals surface area (Å²) >= 11 is 1.56. The zero-order valence-corrected chi connectivity index (χ0v) is 16.2. The number of hydrogen-bond acceptors (Lipinski definition) is 5. The Morgan fingerprint density at radius 2 is 2.03 bits per heavy atom. The number of rotatable bonds is 4. The van der Waals surface area contributed by atoms with Gasteiger partial charge in [0.05, 0.1) is 17.4 Å². The first-order valence-corrected chi connectivity index (χ1v) is 9.96. The molecule has 3 aromatic heterocycles. The van der Waals surface area contributed by atoms with Crippen LogP contribution in [0.2, 0.25) is 0 Å². The number of thiophene rings is 1. The number of H-pyrrole nitrogens is 1. The Kier molecular flexibility index (Phi) is 4.36. The summed E-state index contributed by atoms with van der Waals surface area (Å²) in [7, 11) is 0. The third-order valence-corrected chi connectivity index (χ3v) is 5.63. The zero-order valence-electron chi connectivity index (χ0n) is 15.4. The number of nitrogens with zero attached hydrogens (tertiary/aromatic N) is 3. The van der Waals surface area contributed by atoms with Crippen molar-refractivity contribution >= 4 is 33.8 Å². The van der Waals surface area contributed by atoms with Gasteiger partial charge in [-0.2, -0.15) is 10.1 Å². The minimum atomic E-state index is -0.477. The fourth-order valence-electron chi connectivity index (χ4n) is 3.29. The van der Waals surface area contributed by atoms with Crippen molar-refractivity contribution in [2.75, 3.05) is 0 Å². The van der Waals surface area contributed by atoms with Crippen LogP contribution in [0.25, 0.3) is 27.8 Å². The van der Waals surface area contributed by atoms with Crippen molar-refractivity contribution < 1.29 is 9.18 Å². The first-order chi connectivity index (χ1) is 14.6. The molecule has 7 nitrogen and oxygen atoms in total. The van der Waals surface area contributed by atoms with Gasteiger partial charge in [-0.05, 0) is 41.8 Å². The molecule has 30 heavy (non-hydrogen) atoms. The van der Waals surface area contributed by atoms with Gasteiger partial charge >= 0.3 is 0 Å². The van der Waals surface area contributed by atoms with Crippen LogP contribution < -0.4 is 10.9 Å². The van der Waals surface area contributed by atoms with E-state index in [2.05, 4.69) is 20.6 Å². The molecule has 1 amide bonds. The van der Waals surface area contributed by atoms with Crippen molar-refractivity contribution in [3.8, 4) is 11.3 Å². The van der Waals surface area contributed by atoms with Gasteiger partial charge in [0.15, 0.2) is 5.65 Å². The third kappa shape index (κ3) is 3.05. The SMILES string of the molecule is O=C(NCc1cccs1)c1ccc2c(=O)nc3c(-c4ccccc4F)n[nH]n3c2c1. The van der Waals surface area contributed by atoms with Crippen LogP contribution in [0.1, 0.15) is 15.2 Å². The molecule has 0 fully saturated rings. The number of amides is 1. The van der Waals surface area contributed by atoms with Gasteiger partial charge in [0.1, 0.15) is 11.5 Å². The predicted octanol–water partition coefficient (Wildman–Crippen LogP) is 3.37. The Morgan fingerprint density at radius 1 is 1.17 bits per heavy atom. The highest BCUT2D eigenvalue weighted by molar-refractivity contribution is 7.09. The molecule has 0 saturated carbocycles. The van der Waals surface area contributed by atoms with Crippen LogP contribution in [0.3, 0.4) is 0 Å². The van der Waals surface area contributed by atoms with Crippen LogP contribution in [0.4, 0.5) is 4.39 Å². The average molecular weight is 419 g/mol. The second kappa shape index (κ2) is 7.20. The fraction of sp³-hybridized carbons (Fsp3) is 0.0476. The molecule has 0 spiro atoms. The number of nitrogens with one attached hydrogen (secondary N) is 2. The van der Waals surface area contributed by atoms with Crippen LogP contribution >= 0.6 is 11.3 Å². The van der Waals surface area contributed by atoms with Gasteiger partial charge < -0.3 is 5.32 Å². The van der Waals surface area contributed by atoms with Crippen LogP contribution in [0, 0.1) is 5.82 Å². The van der Waals surface area contributed by atoms with Crippen molar-refractivity contribution in [3.05, 3.63) is 86.6 Å². The first kappa shape index (κ1) is 18.2. The van der Waals surface area contributed by atoms with Gasteiger partial charge in [0.2, 0.25) is 0 Å². The molecule has 2 aromatic carbocycles. The topological polar surface area (TPSA) is 92.2 Å². The molecule has 0 saturated heterocycles. The molecule has 2 N–H and O–H groups in total. The van der Waals surface area contributed by atoms with Crippen molar-refractivity contribution in [1.82, 2.24) is 25.1 Å². The van der Waals surface area contributed by atoms with E-state index in [9.17, 15) is 14.0 Å². The van der Waals surface area contributed by atoms with Gasteiger partial charge in [-0.3, -0.25) is 9.59 Å². The van der Waals surface area contributed by atoms with E-state index in [1.165, 1.54) is 10.6 Å². The van der Waals surface area contributed by atoms with Crippen LogP contribution in [-0.4, -0.2) is 25.7 Å². The van der Waals surface area contributed by atoms with E-state index in [0.717, 1.165) is 4.88 Å². The lowest BCUT2D eigenvalue weighted by atomic mass is 10.1. The van der Waals surface area contributed by atoms with Crippen LogP contribution in [0.15, 0.2) is 64.8 Å². The highest BCUT2D eigenvalue weighted by Crippen LogP contribution is 2.25. The molecule has 0 aliphatic rings. The standard InChI is InChI=1S/C21H14FN5O2S/c22-16-6-2-1-5-14(16)18-19-24-21(29)15-8-7-12(10-17(15)27(19)26-25-18)20(28)23-11-13-4-3-9-30-13/h1-10,26H,11H2,(H,23,28). The molecule has 3 heterocycles. The molecular formula is C21H14FN5O2S. The lowest BCUT2D eigenvalue weighted by Crippen LogP contribution is -2.22. The van der Waals surface area contributed by atoms with Crippen molar-refractivity contribution in [2.45, 2.75) is 6.54 Å². The molecule has 5 aromatic rings. The Morgan fingerprint density at radius 3 is 2.83 bits per heavy atom. The molecule has 0 aliphatic heterocycles. The monoisotopic (exact) mass is 419 g/mol. The van der Waals surface area contributed by atoms with Crippen LogP contribution in [-0.2, 0) is 6.54 Å². The predicted molar refractivity (Wildman–Crippen MR) is 112 cm³/mol. The number of hydrogen-bond donors (Lipinski definition) is 2. The molecule has 0 bridgehead atoms. The number of benzene rings is 2. The van der Waals surface area contributed by atoms with Gasteiger partial charge in [-0.25, -0.2) is 14.1 Å². The minimum absolute atomic E-state index is 0.189. The highest BCUT2D eigenvalue weighted by atomic mass is 32.1. The highest BCUT2D eigenvalue weighted by Gasteiger charge is 2.17. The van der Waals surface area contributed by atoms with Gasteiger partial charge in [0, 0.05) is 16.0 Å². The maximum absolute atomic E-state index is 14.2. The summed E-state index contributed by atoms with van der Waals surface area (Å²) in [5, 5.41) is 12.1. The van der Waals surface area contributed by atoms with Crippen molar-refractivity contribution in [3.63, 3.8) is 0 Å². The summed E-state index contributed by atoms with van der Waals surface area (Å²) in [4.78, 5) is 30.3. The van der Waals surface area contributed by atoms with Gasteiger partial charge in [0.25, 0.3) is 11.5 Å². The summed E-state index contributed by atoms with van der Waals surface area (Å²) < 4.78 is 15.7. The lowest BCUT2D eigenvalue weighted by molar-refractivity contribution is 0.0951. The summed E-state index contributed by atoms with van der Waals surface area (Å²) in [5.74, 6) is -0.736. The fourth-order valence-corrected chi connectivity index (χ4v) is 3.93. The normalized spacial score (nSPS) is 11.2. The van der Waals surface area contributed by atoms with E-state index in [4.69, 9.17) is 0 Å². The van der Waals surface area contributed by atoms with E-state index in [-0.39, 0.29) is 22.8 Å². The number of halogens is 1. The van der Waals surface area contributed by atoms with Gasteiger partial charge in [-0.1, -0.05) is 18.2 Å². The Bertz CT molecular complexity index is 1460. The summed E-state index contributed by atoms with van der Waals surface area (Å²) in [6.45, 7) is 0.418. The second-order valence-corrected chi connectivity index (χ2v) is 7.64. The van der Waals surface area contributed by atoms with E-state index in [1.807, 2.05) is 17.5 Å². The molecule has 9 heteroatoms. The number of aromatic amines is 1. The quantitative estimate of drug-likeness (QED) is 0.467. The minimum Gasteiger partial charge on any atom is -0.347 e. The summed E-state index contributed by atoms with van der Waals surface area (Å²) in [6.07, 6.45) is 0. The molecular weight excluding hydrogens is 405 g/mol. The largest absolute Gasteiger partial charge is 0.347 e. The van der Waals surface area contributed by atoms with E-state index < -0.39 is 11.4 Å². The van der Waals surface area contributed by atoms with E-state index in [1.54, 1.807) is 47.7 Å². The maximum Gasteiger partial charge on any atom is 0.281 e. The Balaban J connectivity index is 1.60. The number of aromatic nitrogens is 4. The van der Waals surface area contributed by atoms with Crippen molar-refractivity contribution in [2.24, 2.45) is 0 Å². The molecule has 0 atom stereocenters. The zero-order chi connectivity index (χ0) is 20.7. The lowest BCUT2D eigenvalue weighted by Gasteiger charge is -2.06. The molecule has 5 rings (SSSR count). The summed E-state index contributed by atoms with van der Waals surface area (Å²) in [6, 6.07) is 14.7. The number of carbonyl (C=O) groups is 1.